The molecule has 0 aliphatic heterocycles. The molecule has 3 heteroatoms. The Morgan fingerprint density at radius 3 is 2.56 bits per heavy atom. The van der Waals surface area contributed by atoms with E-state index in [2.05, 4.69) is 0 Å². The zero-order valence-corrected chi connectivity index (χ0v) is 9.51. The van der Waals surface area contributed by atoms with E-state index in [1.54, 1.807) is 0 Å². The van der Waals surface area contributed by atoms with Crippen LogP contribution in [0.1, 0.15) is 18.9 Å². The highest BCUT2D eigenvalue weighted by atomic mass is 16.5. The standard InChI is InChI=1S/C13H16O3/c1-9-11(12(14)16-2)8-13(9,15)10-6-4-3-5-7-10/h3-7,9,11,15H,8H2,1-2H3/t9-,11-,13+/m1/s1. The number of carbonyl (C=O) groups is 1. The van der Waals surface area contributed by atoms with E-state index in [-0.39, 0.29) is 17.8 Å². The normalized spacial score (nSPS) is 32.9. The lowest BCUT2D eigenvalue weighted by Gasteiger charge is -2.49. The molecule has 2 rings (SSSR count). The van der Waals surface area contributed by atoms with E-state index in [0.29, 0.717) is 6.42 Å². The number of ether oxygens (including phenoxy) is 1. The molecule has 86 valence electrons. The average Bonchev–Trinajstić information content (AvgIpc) is 2.35. The van der Waals surface area contributed by atoms with Gasteiger partial charge in [0.25, 0.3) is 0 Å². The summed E-state index contributed by atoms with van der Waals surface area (Å²) in [6.07, 6.45) is 0.449. The van der Waals surface area contributed by atoms with Crippen molar-refractivity contribution in [2.75, 3.05) is 7.11 Å². The van der Waals surface area contributed by atoms with Crippen molar-refractivity contribution in [2.24, 2.45) is 11.8 Å². The van der Waals surface area contributed by atoms with E-state index in [4.69, 9.17) is 4.74 Å². The van der Waals surface area contributed by atoms with Crippen LogP contribution in [0.15, 0.2) is 30.3 Å². The van der Waals surface area contributed by atoms with Crippen molar-refractivity contribution in [1.82, 2.24) is 0 Å². The molecule has 1 N–H and O–H groups in total. The van der Waals surface area contributed by atoms with Crippen molar-refractivity contribution in [2.45, 2.75) is 18.9 Å². The molecule has 1 aromatic carbocycles. The average molecular weight is 220 g/mol. The molecule has 0 spiro atoms. The number of methoxy groups -OCH3 is 1. The van der Waals surface area contributed by atoms with Crippen molar-refractivity contribution in [3.05, 3.63) is 35.9 Å². The van der Waals surface area contributed by atoms with Gasteiger partial charge in [-0.05, 0) is 12.0 Å². The largest absolute Gasteiger partial charge is 0.469 e. The van der Waals surface area contributed by atoms with Gasteiger partial charge in [0.15, 0.2) is 0 Å². The van der Waals surface area contributed by atoms with Crippen molar-refractivity contribution < 1.29 is 14.6 Å². The summed E-state index contributed by atoms with van der Waals surface area (Å²) < 4.78 is 4.70. The van der Waals surface area contributed by atoms with Gasteiger partial charge in [-0.25, -0.2) is 0 Å². The Balaban J connectivity index is 2.17. The minimum Gasteiger partial charge on any atom is -0.469 e. The highest BCUT2D eigenvalue weighted by Gasteiger charge is 2.54. The molecule has 1 aliphatic rings. The SMILES string of the molecule is COC(=O)[C@@H]1C[C@@](O)(c2ccccc2)[C@@H]1C. The second-order valence-electron chi connectivity index (χ2n) is 4.41. The van der Waals surface area contributed by atoms with Crippen LogP contribution in [-0.2, 0) is 15.1 Å². The maximum Gasteiger partial charge on any atom is 0.309 e. The number of rotatable bonds is 2. The number of carbonyl (C=O) groups excluding carboxylic acids is 1. The second kappa shape index (κ2) is 3.91. The first-order valence-corrected chi connectivity index (χ1v) is 5.45. The third kappa shape index (κ3) is 1.52. The van der Waals surface area contributed by atoms with Crippen LogP contribution in [0.5, 0.6) is 0 Å². The van der Waals surface area contributed by atoms with Crippen LogP contribution in [0.25, 0.3) is 0 Å². The first-order valence-electron chi connectivity index (χ1n) is 5.45. The lowest BCUT2D eigenvalue weighted by molar-refractivity contribution is -0.180. The summed E-state index contributed by atoms with van der Waals surface area (Å²) in [6, 6.07) is 9.49. The van der Waals surface area contributed by atoms with Crippen LogP contribution >= 0.6 is 0 Å². The quantitative estimate of drug-likeness (QED) is 0.772. The van der Waals surface area contributed by atoms with Gasteiger partial charge in [0.2, 0.25) is 0 Å². The molecular formula is C13H16O3. The van der Waals surface area contributed by atoms with Crippen LogP contribution in [0, 0.1) is 11.8 Å². The number of hydrogen-bond acceptors (Lipinski definition) is 3. The predicted molar refractivity (Wildman–Crippen MR) is 59.6 cm³/mol. The zero-order valence-electron chi connectivity index (χ0n) is 9.51. The molecule has 0 amide bonds. The van der Waals surface area contributed by atoms with Gasteiger partial charge >= 0.3 is 5.97 Å². The lowest BCUT2D eigenvalue weighted by Crippen LogP contribution is -2.53. The van der Waals surface area contributed by atoms with Gasteiger partial charge in [-0.1, -0.05) is 37.3 Å². The second-order valence-corrected chi connectivity index (χ2v) is 4.41. The molecular weight excluding hydrogens is 204 g/mol. The third-order valence-electron chi connectivity index (χ3n) is 3.67. The highest BCUT2D eigenvalue weighted by molar-refractivity contribution is 5.74. The van der Waals surface area contributed by atoms with E-state index in [1.165, 1.54) is 7.11 Å². The van der Waals surface area contributed by atoms with E-state index in [0.717, 1.165) is 5.56 Å². The van der Waals surface area contributed by atoms with Crippen molar-refractivity contribution in [3.63, 3.8) is 0 Å². The summed E-state index contributed by atoms with van der Waals surface area (Å²) in [4.78, 5) is 11.4. The zero-order chi connectivity index (χ0) is 11.8. The lowest BCUT2D eigenvalue weighted by atomic mass is 9.59. The topological polar surface area (TPSA) is 46.5 Å². The first kappa shape index (κ1) is 11.1. The summed E-state index contributed by atoms with van der Waals surface area (Å²) in [5.74, 6) is -0.509. The molecule has 3 nitrogen and oxygen atoms in total. The van der Waals surface area contributed by atoms with Crippen LogP contribution in [-0.4, -0.2) is 18.2 Å². The Hall–Kier alpha value is -1.35. The minimum absolute atomic E-state index is 0.0950. The summed E-state index contributed by atoms with van der Waals surface area (Å²) in [5, 5.41) is 10.5. The molecule has 0 saturated heterocycles. The van der Waals surface area contributed by atoms with Crippen LogP contribution < -0.4 is 0 Å². The van der Waals surface area contributed by atoms with E-state index in [1.807, 2.05) is 37.3 Å². The summed E-state index contributed by atoms with van der Waals surface area (Å²) >= 11 is 0. The van der Waals surface area contributed by atoms with Gasteiger partial charge in [-0.3, -0.25) is 4.79 Å². The third-order valence-corrected chi connectivity index (χ3v) is 3.67. The molecule has 0 radical (unpaired) electrons. The molecule has 0 aromatic heterocycles. The van der Waals surface area contributed by atoms with Gasteiger partial charge in [0, 0.05) is 5.92 Å². The predicted octanol–water partition coefficient (Wildman–Crippen LogP) is 1.70. The number of aliphatic hydroxyl groups is 1. The van der Waals surface area contributed by atoms with Crippen molar-refractivity contribution in [1.29, 1.82) is 0 Å². The molecule has 3 atom stereocenters. The Bertz CT molecular complexity index is 387. The van der Waals surface area contributed by atoms with Crippen LogP contribution in [0.4, 0.5) is 0 Å². The molecule has 16 heavy (non-hydrogen) atoms. The van der Waals surface area contributed by atoms with Crippen molar-refractivity contribution in [3.8, 4) is 0 Å². The Labute approximate surface area is 95.0 Å². The fourth-order valence-corrected chi connectivity index (χ4v) is 2.42. The molecule has 0 bridgehead atoms. The maximum atomic E-state index is 11.4. The number of esters is 1. The van der Waals surface area contributed by atoms with Crippen LogP contribution in [0.2, 0.25) is 0 Å². The molecule has 0 unspecified atom stereocenters. The van der Waals surface area contributed by atoms with Crippen LogP contribution in [0.3, 0.4) is 0 Å². The Morgan fingerprint density at radius 2 is 2.06 bits per heavy atom. The Morgan fingerprint density at radius 1 is 1.44 bits per heavy atom. The van der Waals surface area contributed by atoms with E-state index >= 15 is 0 Å². The van der Waals surface area contributed by atoms with Gasteiger partial charge in [0.05, 0.1) is 18.6 Å². The smallest absolute Gasteiger partial charge is 0.309 e. The Kier molecular flexibility index (Phi) is 2.72. The van der Waals surface area contributed by atoms with E-state index in [9.17, 15) is 9.90 Å². The number of benzene rings is 1. The summed E-state index contributed by atoms with van der Waals surface area (Å²) in [7, 11) is 1.38. The first-order chi connectivity index (χ1) is 7.59. The molecule has 0 heterocycles. The van der Waals surface area contributed by atoms with Gasteiger partial charge in [-0.2, -0.15) is 0 Å². The molecule has 1 fully saturated rings. The van der Waals surface area contributed by atoms with Gasteiger partial charge in [-0.15, -0.1) is 0 Å². The molecule has 1 aliphatic carbocycles. The molecule has 1 saturated carbocycles. The maximum absolute atomic E-state index is 11.4. The van der Waals surface area contributed by atoms with E-state index < -0.39 is 5.60 Å². The molecule has 1 aromatic rings. The summed E-state index contributed by atoms with van der Waals surface area (Å²) in [5.41, 5.74) is 0.00257. The monoisotopic (exact) mass is 220 g/mol. The minimum atomic E-state index is -0.875. The van der Waals surface area contributed by atoms with Crippen molar-refractivity contribution >= 4 is 5.97 Å². The number of hydrogen-bond donors (Lipinski definition) is 1. The summed E-state index contributed by atoms with van der Waals surface area (Å²) in [6.45, 7) is 1.89. The van der Waals surface area contributed by atoms with Gasteiger partial charge < -0.3 is 9.84 Å². The fourth-order valence-electron chi connectivity index (χ4n) is 2.42. The highest BCUT2D eigenvalue weighted by Crippen LogP contribution is 2.50. The van der Waals surface area contributed by atoms with Gasteiger partial charge in [0.1, 0.15) is 0 Å². The fraction of sp³-hybridized carbons (Fsp3) is 0.462.